The van der Waals surface area contributed by atoms with Gasteiger partial charge < -0.3 is 9.84 Å². The van der Waals surface area contributed by atoms with Crippen LogP contribution in [0, 0.1) is 0 Å². The van der Waals surface area contributed by atoms with E-state index < -0.39 is 16.0 Å². The molecule has 7 nitrogen and oxygen atoms in total. The van der Waals surface area contributed by atoms with E-state index in [2.05, 4.69) is 9.62 Å². The lowest BCUT2D eigenvalue weighted by atomic mass is 10.3. The summed E-state index contributed by atoms with van der Waals surface area (Å²) in [6.45, 7) is 4.22. The molecule has 1 saturated heterocycles. The summed E-state index contributed by atoms with van der Waals surface area (Å²) in [7, 11) is -3.76. The summed E-state index contributed by atoms with van der Waals surface area (Å²) >= 11 is 0.906. The first-order chi connectivity index (χ1) is 10.0. The standard InChI is InChI=1S/C12H18N2O5S2/c15-12(16)11-10(2-9-20-11)21(17,18)13-3-1-4-14-5-7-19-8-6-14/h2,9,13H,1,3-8H2,(H,15,16). The quantitative estimate of drug-likeness (QED) is 0.703. The molecule has 1 fully saturated rings. The van der Waals surface area contributed by atoms with Crippen LogP contribution in [-0.2, 0) is 14.8 Å². The maximum Gasteiger partial charge on any atom is 0.347 e. The number of carboxylic acid groups (broad SMARTS) is 1. The van der Waals surface area contributed by atoms with Gasteiger partial charge in [0.15, 0.2) is 0 Å². The molecule has 1 aromatic rings. The van der Waals surface area contributed by atoms with Gasteiger partial charge >= 0.3 is 5.97 Å². The Labute approximate surface area is 127 Å². The molecule has 118 valence electrons. The molecule has 2 N–H and O–H groups in total. The Kier molecular flexibility index (Phi) is 5.71. The number of carbonyl (C=O) groups is 1. The molecule has 0 radical (unpaired) electrons. The van der Waals surface area contributed by atoms with Gasteiger partial charge in [0.05, 0.1) is 13.2 Å². The van der Waals surface area contributed by atoms with Crippen LogP contribution in [0.4, 0.5) is 0 Å². The van der Waals surface area contributed by atoms with Gasteiger partial charge in [0, 0.05) is 19.6 Å². The molecule has 0 unspecified atom stereocenters. The van der Waals surface area contributed by atoms with Crippen molar-refractivity contribution in [1.29, 1.82) is 0 Å². The van der Waals surface area contributed by atoms with E-state index in [1.54, 1.807) is 0 Å². The number of nitrogens with zero attached hydrogens (tertiary/aromatic N) is 1. The number of thiophene rings is 1. The summed E-state index contributed by atoms with van der Waals surface area (Å²) in [5.41, 5.74) is 0. The molecule has 0 saturated carbocycles. The van der Waals surface area contributed by atoms with E-state index in [4.69, 9.17) is 9.84 Å². The number of sulfonamides is 1. The number of morpholine rings is 1. The molecule has 0 aromatic carbocycles. The zero-order valence-corrected chi connectivity index (χ0v) is 13.1. The summed E-state index contributed by atoms with van der Waals surface area (Å²) in [5.74, 6) is -1.22. The summed E-state index contributed by atoms with van der Waals surface area (Å²) in [6, 6.07) is 1.32. The van der Waals surface area contributed by atoms with Gasteiger partial charge in [-0.3, -0.25) is 4.90 Å². The van der Waals surface area contributed by atoms with E-state index in [0.29, 0.717) is 19.6 Å². The van der Waals surface area contributed by atoms with Crippen LogP contribution in [0.5, 0.6) is 0 Å². The Morgan fingerprint density at radius 3 is 2.81 bits per heavy atom. The monoisotopic (exact) mass is 334 g/mol. The third kappa shape index (κ3) is 4.48. The highest BCUT2D eigenvalue weighted by molar-refractivity contribution is 7.89. The van der Waals surface area contributed by atoms with Gasteiger partial charge in [0.1, 0.15) is 9.77 Å². The maximum absolute atomic E-state index is 12.1. The second kappa shape index (κ2) is 7.32. The number of ether oxygens (including phenoxy) is 1. The van der Waals surface area contributed by atoms with Crippen LogP contribution < -0.4 is 4.72 Å². The highest BCUT2D eigenvalue weighted by Gasteiger charge is 2.23. The molecule has 9 heteroatoms. The van der Waals surface area contributed by atoms with Crippen molar-refractivity contribution in [3.05, 3.63) is 16.3 Å². The minimum absolute atomic E-state index is 0.157. The van der Waals surface area contributed by atoms with Crippen LogP contribution in [0.25, 0.3) is 0 Å². The maximum atomic E-state index is 12.1. The van der Waals surface area contributed by atoms with Crippen LogP contribution in [0.2, 0.25) is 0 Å². The van der Waals surface area contributed by atoms with E-state index >= 15 is 0 Å². The predicted octanol–water partition coefficient (Wildman–Crippen LogP) is 0.447. The Morgan fingerprint density at radius 2 is 2.14 bits per heavy atom. The summed E-state index contributed by atoms with van der Waals surface area (Å²) in [6.07, 6.45) is 0.672. The smallest absolute Gasteiger partial charge is 0.347 e. The molecule has 0 atom stereocenters. The van der Waals surface area contributed by atoms with E-state index in [1.165, 1.54) is 11.4 Å². The first-order valence-electron chi connectivity index (χ1n) is 6.61. The highest BCUT2D eigenvalue weighted by atomic mass is 32.2. The zero-order valence-electron chi connectivity index (χ0n) is 11.4. The second-order valence-electron chi connectivity index (χ2n) is 4.62. The fourth-order valence-electron chi connectivity index (χ4n) is 2.08. The minimum atomic E-state index is -3.76. The van der Waals surface area contributed by atoms with Crippen LogP contribution >= 0.6 is 11.3 Å². The topological polar surface area (TPSA) is 95.9 Å². The number of rotatable bonds is 7. The fourth-order valence-corrected chi connectivity index (χ4v) is 4.41. The van der Waals surface area contributed by atoms with Crippen molar-refractivity contribution < 1.29 is 23.1 Å². The van der Waals surface area contributed by atoms with Crippen molar-refractivity contribution in [1.82, 2.24) is 9.62 Å². The van der Waals surface area contributed by atoms with Crippen molar-refractivity contribution in [2.45, 2.75) is 11.3 Å². The summed E-state index contributed by atoms with van der Waals surface area (Å²) in [5, 5.41) is 10.4. The van der Waals surface area contributed by atoms with Gasteiger partial charge in [-0.05, 0) is 24.4 Å². The molecule has 1 aliphatic rings. The molecule has 21 heavy (non-hydrogen) atoms. The Bertz CT molecular complexity index is 578. The van der Waals surface area contributed by atoms with Crippen molar-refractivity contribution >= 4 is 27.3 Å². The number of carboxylic acids is 1. The molecule has 1 aromatic heterocycles. The third-order valence-corrected chi connectivity index (χ3v) is 5.69. The Balaban J connectivity index is 1.83. The summed E-state index contributed by atoms with van der Waals surface area (Å²) in [4.78, 5) is 12.9. The molecular weight excluding hydrogens is 316 g/mol. The molecule has 0 aliphatic carbocycles. The van der Waals surface area contributed by atoms with E-state index in [1.807, 2.05) is 0 Å². The molecule has 0 amide bonds. The van der Waals surface area contributed by atoms with E-state index in [9.17, 15) is 13.2 Å². The van der Waals surface area contributed by atoms with Crippen molar-refractivity contribution in [3.63, 3.8) is 0 Å². The van der Waals surface area contributed by atoms with E-state index in [0.717, 1.165) is 31.0 Å². The summed E-state index contributed by atoms with van der Waals surface area (Å²) < 4.78 is 31.8. The normalized spacial score (nSPS) is 17.0. The van der Waals surface area contributed by atoms with Crippen LogP contribution in [0.3, 0.4) is 0 Å². The van der Waals surface area contributed by atoms with E-state index in [-0.39, 0.29) is 16.3 Å². The molecule has 0 spiro atoms. The van der Waals surface area contributed by atoms with Gasteiger partial charge in [0.2, 0.25) is 10.0 Å². The fraction of sp³-hybridized carbons (Fsp3) is 0.583. The lowest BCUT2D eigenvalue weighted by Gasteiger charge is -2.26. The SMILES string of the molecule is O=C(O)c1sccc1S(=O)(=O)NCCCN1CCOCC1. The minimum Gasteiger partial charge on any atom is -0.477 e. The molecule has 2 heterocycles. The Morgan fingerprint density at radius 1 is 1.43 bits per heavy atom. The molecule has 2 rings (SSSR count). The zero-order chi connectivity index (χ0) is 15.3. The largest absolute Gasteiger partial charge is 0.477 e. The van der Waals surface area contributed by atoms with Crippen LogP contribution in [0.15, 0.2) is 16.3 Å². The molecule has 1 aliphatic heterocycles. The second-order valence-corrected chi connectivity index (χ2v) is 7.28. The predicted molar refractivity (Wildman–Crippen MR) is 78.3 cm³/mol. The van der Waals surface area contributed by atoms with Gasteiger partial charge in [-0.1, -0.05) is 0 Å². The van der Waals surface area contributed by atoms with Crippen LogP contribution in [-0.4, -0.2) is 63.8 Å². The van der Waals surface area contributed by atoms with Crippen LogP contribution in [0.1, 0.15) is 16.1 Å². The average Bonchev–Trinajstić information content (AvgIpc) is 2.95. The number of aromatic carboxylic acids is 1. The van der Waals surface area contributed by atoms with Gasteiger partial charge in [-0.2, -0.15) is 0 Å². The lowest BCUT2D eigenvalue weighted by Crippen LogP contribution is -2.38. The average molecular weight is 334 g/mol. The van der Waals surface area contributed by atoms with Gasteiger partial charge in [0.25, 0.3) is 0 Å². The van der Waals surface area contributed by atoms with Gasteiger partial charge in [-0.25, -0.2) is 17.9 Å². The van der Waals surface area contributed by atoms with Crippen molar-refractivity contribution in [2.75, 3.05) is 39.4 Å². The third-order valence-electron chi connectivity index (χ3n) is 3.16. The number of nitrogens with one attached hydrogen (secondary N) is 1. The first kappa shape index (κ1) is 16.4. The first-order valence-corrected chi connectivity index (χ1v) is 8.97. The molecular formula is C12H18N2O5S2. The molecule has 0 bridgehead atoms. The lowest BCUT2D eigenvalue weighted by molar-refractivity contribution is 0.0376. The Hall–Kier alpha value is -1.00. The number of hydrogen-bond donors (Lipinski definition) is 2. The van der Waals surface area contributed by atoms with Gasteiger partial charge in [-0.15, -0.1) is 11.3 Å². The van der Waals surface area contributed by atoms with Crippen molar-refractivity contribution in [2.24, 2.45) is 0 Å². The van der Waals surface area contributed by atoms with Crippen molar-refractivity contribution in [3.8, 4) is 0 Å². The number of hydrogen-bond acceptors (Lipinski definition) is 6. The highest BCUT2D eigenvalue weighted by Crippen LogP contribution is 2.21.